The third kappa shape index (κ3) is 5.76. The Morgan fingerprint density at radius 1 is 1.00 bits per heavy atom. The molecule has 4 rings (SSSR count). The predicted octanol–water partition coefficient (Wildman–Crippen LogP) is 7.24. The summed E-state index contributed by atoms with van der Waals surface area (Å²) in [5, 5.41) is 13.7. The van der Waals surface area contributed by atoms with E-state index in [0.29, 0.717) is 27.4 Å². The van der Waals surface area contributed by atoms with Crippen LogP contribution in [0.5, 0.6) is 0 Å². The third-order valence-corrected chi connectivity index (χ3v) is 6.22. The number of carbonyl (C=O) groups excluding carboxylic acids is 1. The highest BCUT2D eigenvalue weighted by molar-refractivity contribution is 6.34. The average Bonchev–Trinajstić information content (AvgIpc) is 3.30. The van der Waals surface area contributed by atoms with Gasteiger partial charge in [-0.05, 0) is 69.2 Å². The molecule has 0 unspecified atom stereocenters. The number of nitrogens with one attached hydrogen (secondary N) is 1. The fraction of sp³-hybridized carbons (Fsp3) is 0.241. The van der Waals surface area contributed by atoms with Gasteiger partial charge >= 0.3 is 6.18 Å². The summed E-state index contributed by atoms with van der Waals surface area (Å²) < 4.78 is 43.2. The van der Waals surface area contributed by atoms with Crippen LogP contribution in [0.4, 0.5) is 13.2 Å². The molecule has 0 bridgehead atoms. The minimum atomic E-state index is -4.60. The van der Waals surface area contributed by atoms with Crippen molar-refractivity contribution < 1.29 is 23.1 Å². The van der Waals surface area contributed by atoms with Crippen LogP contribution in [-0.4, -0.2) is 26.6 Å². The topological polar surface area (TPSA) is 67.2 Å². The first kappa shape index (κ1) is 27.4. The van der Waals surface area contributed by atoms with Gasteiger partial charge in [0.2, 0.25) is 0 Å². The van der Waals surface area contributed by atoms with Crippen LogP contribution >= 0.6 is 11.6 Å². The molecule has 0 atom stereocenters. The minimum absolute atomic E-state index is 0.0420. The Morgan fingerprint density at radius 2 is 1.68 bits per heavy atom. The van der Waals surface area contributed by atoms with Crippen LogP contribution in [-0.2, 0) is 11.8 Å². The van der Waals surface area contributed by atoms with Gasteiger partial charge in [-0.1, -0.05) is 48.0 Å². The summed E-state index contributed by atoms with van der Waals surface area (Å²) in [5.74, 6) is -0.265. The highest BCUT2D eigenvalue weighted by atomic mass is 35.5. The van der Waals surface area contributed by atoms with Gasteiger partial charge in [-0.3, -0.25) is 9.36 Å². The van der Waals surface area contributed by atoms with E-state index in [1.54, 1.807) is 36.4 Å². The maximum absolute atomic E-state index is 13.9. The van der Waals surface area contributed by atoms with Gasteiger partial charge in [0, 0.05) is 23.5 Å². The second-order valence-electron chi connectivity index (χ2n) is 9.80. The van der Waals surface area contributed by atoms with Crippen molar-refractivity contribution >= 4 is 17.5 Å². The molecule has 4 aromatic rings. The Kier molecular flexibility index (Phi) is 7.41. The Bertz CT molecular complexity index is 1490. The molecule has 0 aliphatic carbocycles. The van der Waals surface area contributed by atoms with Crippen LogP contribution in [0.2, 0.25) is 5.02 Å². The summed E-state index contributed by atoms with van der Waals surface area (Å²) in [6.45, 7) is 6.74. The van der Waals surface area contributed by atoms with E-state index < -0.39 is 17.3 Å². The lowest BCUT2D eigenvalue weighted by Gasteiger charge is -2.15. The molecular formula is C29H27ClF3N3O2. The molecule has 0 aliphatic rings. The van der Waals surface area contributed by atoms with Crippen molar-refractivity contribution in [3.05, 3.63) is 94.8 Å². The smallest absolute Gasteiger partial charge is 0.384 e. The van der Waals surface area contributed by atoms with E-state index in [-0.39, 0.29) is 29.0 Å². The zero-order chi connectivity index (χ0) is 27.8. The molecule has 1 heterocycles. The molecule has 0 fully saturated rings. The molecule has 3 aromatic carbocycles. The Balaban J connectivity index is 1.87. The number of imidazole rings is 1. The fourth-order valence-corrected chi connectivity index (χ4v) is 4.24. The average molecular weight is 542 g/mol. The van der Waals surface area contributed by atoms with Crippen LogP contribution in [0.15, 0.2) is 72.9 Å². The van der Waals surface area contributed by atoms with Crippen molar-refractivity contribution in [3.63, 3.8) is 0 Å². The number of alkyl halides is 3. The van der Waals surface area contributed by atoms with Crippen LogP contribution in [0.25, 0.3) is 28.2 Å². The second kappa shape index (κ2) is 10.3. The largest absolute Gasteiger partial charge is 0.417 e. The number of amides is 1. The summed E-state index contributed by atoms with van der Waals surface area (Å²) in [6, 6.07) is 17.3. The molecule has 1 aromatic heterocycles. The fourth-order valence-electron chi connectivity index (χ4n) is 4.04. The lowest BCUT2D eigenvalue weighted by atomic mass is 10.0. The monoisotopic (exact) mass is 541 g/mol. The van der Waals surface area contributed by atoms with Gasteiger partial charge in [-0.15, -0.1) is 0 Å². The van der Waals surface area contributed by atoms with E-state index in [1.807, 2.05) is 19.9 Å². The molecule has 5 nitrogen and oxygen atoms in total. The second-order valence-corrected chi connectivity index (χ2v) is 10.2. The van der Waals surface area contributed by atoms with Crippen molar-refractivity contribution in [3.8, 4) is 28.2 Å². The van der Waals surface area contributed by atoms with Gasteiger partial charge < -0.3 is 10.4 Å². The van der Waals surface area contributed by atoms with E-state index in [9.17, 15) is 23.1 Å². The zero-order valence-corrected chi connectivity index (χ0v) is 22.0. The van der Waals surface area contributed by atoms with Gasteiger partial charge in [-0.2, -0.15) is 13.2 Å². The van der Waals surface area contributed by atoms with Crippen molar-refractivity contribution in [2.75, 3.05) is 0 Å². The van der Waals surface area contributed by atoms with Gasteiger partial charge in [0.25, 0.3) is 5.91 Å². The van der Waals surface area contributed by atoms with E-state index in [0.717, 1.165) is 6.07 Å². The van der Waals surface area contributed by atoms with E-state index in [1.165, 1.54) is 42.8 Å². The molecule has 0 saturated heterocycles. The van der Waals surface area contributed by atoms with Crippen LogP contribution in [0.3, 0.4) is 0 Å². The normalized spacial score (nSPS) is 12.2. The molecule has 9 heteroatoms. The minimum Gasteiger partial charge on any atom is -0.384 e. The lowest BCUT2D eigenvalue weighted by Crippen LogP contribution is -2.30. The molecule has 38 heavy (non-hydrogen) atoms. The predicted molar refractivity (Wildman–Crippen MR) is 142 cm³/mol. The van der Waals surface area contributed by atoms with Crippen molar-refractivity contribution in [1.29, 1.82) is 0 Å². The Hall–Kier alpha value is -3.62. The first-order valence-electron chi connectivity index (χ1n) is 12.0. The number of aliphatic hydroxyl groups is 1. The number of hydrogen-bond acceptors (Lipinski definition) is 3. The molecule has 1 amide bonds. The number of benzene rings is 3. The Labute approximate surface area is 223 Å². The van der Waals surface area contributed by atoms with Gasteiger partial charge in [-0.25, -0.2) is 4.98 Å². The number of nitrogens with zero attached hydrogens (tertiary/aromatic N) is 2. The summed E-state index contributed by atoms with van der Waals surface area (Å²) >= 11 is 6.29. The van der Waals surface area contributed by atoms with Crippen LogP contribution in [0.1, 0.15) is 49.3 Å². The molecule has 0 radical (unpaired) electrons. The molecule has 198 valence electrons. The van der Waals surface area contributed by atoms with Gasteiger partial charge in [0.05, 0.1) is 21.8 Å². The quantitative estimate of drug-likeness (QED) is 0.270. The lowest BCUT2D eigenvalue weighted by molar-refractivity contribution is -0.137. The third-order valence-electron chi connectivity index (χ3n) is 5.89. The summed E-state index contributed by atoms with van der Waals surface area (Å²) in [5.41, 5.74) is 0.143. The van der Waals surface area contributed by atoms with E-state index in [4.69, 9.17) is 11.6 Å². The highest BCUT2D eigenvalue weighted by Crippen LogP contribution is 2.38. The van der Waals surface area contributed by atoms with Crippen molar-refractivity contribution in [2.45, 2.75) is 45.5 Å². The number of rotatable bonds is 6. The van der Waals surface area contributed by atoms with Crippen molar-refractivity contribution in [2.24, 2.45) is 0 Å². The Morgan fingerprint density at radius 3 is 2.34 bits per heavy atom. The molecule has 0 aliphatic heterocycles. The first-order valence-corrected chi connectivity index (χ1v) is 12.3. The number of hydrogen-bond donors (Lipinski definition) is 2. The van der Waals surface area contributed by atoms with E-state index in [2.05, 4.69) is 10.3 Å². The molecule has 0 spiro atoms. The zero-order valence-electron chi connectivity index (χ0n) is 21.3. The SMILES string of the molecule is CC(C)NC(=O)c1cc(-c2cccc(-n3cc(C(C)(C)O)nc3-c3ccccc3C(F)(F)F)c2)ccc1Cl. The summed E-state index contributed by atoms with van der Waals surface area (Å²) in [4.78, 5) is 17.1. The number of aromatic nitrogens is 2. The molecule has 0 saturated carbocycles. The van der Waals surface area contributed by atoms with Gasteiger partial charge in [0.1, 0.15) is 11.4 Å². The number of carbonyl (C=O) groups is 1. The van der Waals surface area contributed by atoms with Gasteiger partial charge in [0.15, 0.2) is 0 Å². The van der Waals surface area contributed by atoms with E-state index >= 15 is 0 Å². The molecule has 2 N–H and O–H groups in total. The van der Waals surface area contributed by atoms with Crippen LogP contribution < -0.4 is 5.32 Å². The highest BCUT2D eigenvalue weighted by Gasteiger charge is 2.35. The molecular weight excluding hydrogens is 515 g/mol. The maximum Gasteiger partial charge on any atom is 0.417 e. The maximum atomic E-state index is 13.9. The van der Waals surface area contributed by atoms with Crippen molar-refractivity contribution in [1.82, 2.24) is 14.9 Å². The van der Waals surface area contributed by atoms with Crippen LogP contribution in [0, 0.1) is 0 Å². The number of halogens is 4. The first-order chi connectivity index (χ1) is 17.8. The standard InChI is InChI=1S/C29H27ClF3N3O2/c1-17(2)34-27(37)22-15-19(12-13-24(22)30)18-8-7-9-20(14-18)36-16-25(28(3,4)38)35-26(36)21-10-5-6-11-23(21)29(31,32)33/h5-17,38H,1-4H3,(H,34,37). The summed E-state index contributed by atoms with van der Waals surface area (Å²) in [6.07, 6.45) is -3.06. The summed E-state index contributed by atoms with van der Waals surface area (Å²) in [7, 11) is 0.